The van der Waals surface area contributed by atoms with Crippen molar-refractivity contribution < 1.29 is 18.3 Å². The number of benzene rings is 1. The third-order valence-electron chi connectivity index (χ3n) is 2.22. The Morgan fingerprint density at radius 1 is 1.39 bits per heavy atom. The smallest absolute Gasteiger partial charge is 0.335 e. The minimum absolute atomic E-state index is 0.0250. The average molecular weight is 336 g/mol. The van der Waals surface area contributed by atoms with Crippen LogP contribution in [0, 0.1) is 6.92 Å². The highest BCUT2D eigenvalue weighted by Gasteiger charge is 2.21. The molecule has 1 aromatic rings. The van der Waals surface area contributed by atoms with Crippen LogP contribution in [0.2, 0.25) is 0 Å². The van der Waals surface area contributed by atoms with E-state index in [1.807, 2.05) is 0 Å². The van der Waals surface area contributed by atoms with Crippen molar-refractivity contribution in [1.82, 2.24) is 4.72 Å². The van der Waals surface area contributed by atoms with E-state index in [9.17, 15) is 13.2 Å². The molecule has 1 aromatic carbocycles. The molecule has 0 atom stereocenters. The second kappa shape index (κ2) is 5.38. The number of carbonyl (C=O) groups is 1. The Morgan fingerprint density at radius 2 is 1.94 bits per heavy atom. The SMILES string of the molecule is Cc1c(Br)cc(C(=O)O)cc1S(=O)(=O)NC(C)C. The lowest BCUT2D eigenvalue weighted by molar-refractivity contribution is 0.0696. The first kappa shape index (κ1) is 15.1. The van der Waals surface area contributed by atoms with Crippen LogP contribution in [0.5, 0.6) is 0 Å². The molecule has 0 heterocycles. The Hall–Kier alpha value is -0.920. The van der Waals surface area contributed by atoms with Crippen molar-refractivity contribution in [3.05, 3.63) is 27.7 Å². The molecule has 0 saturated carbocycles. The van der Waals surface area contributed by atoms with Gasteiger partial charge in [-0.1, -0.05) is 15.9 Å². The average Bonchev–Trinajstić information content (AvgIpc) is 2.19. The van der Waals surface area contributed by atoms with Gasteiger partial charge in [0.15, 0.2) is 0 Å². The molecule has 0 saturated heterocycles. The highest BCUT2D eigenvalue weighted by molar-refractivity contribution is 9.10. The maximum Gasteiger partial charge on any atom is 0.335 e. The highest BCUT2D eigenvalue weighted by atomic mass is 79.9. The number of nitrogens with one attached hydrogen (secondary N) is 1. The van der Waals surface area contributed by atoms with E-state index in [-0.39, 0.29) is 16.5 Å². The first-order valence-corrected chi connectivity index (χ1v) is 7.48. The largest absolute Gasteiger partial charge is 0.478 e. The highest BCUT2D eigenvalue weighted by Crippen LogP contribution is 2.26. The molecular formula is C11H14BrNO4S. The van der Waals surface area contributed by atoms with Crippen LogP contribution in [-0.4, -0.2) is 25.5 Å². The molecule has 0 amide bonds. The van der Waals surface area contributed by atoms with Gasteiger partial charge in [-0.05, 0) is 38.5 Å². The van der Waals surface area contributed by atoms with Crippen LogP contribution in [0.15, 0.2) is 21.5 Å². The molecule has 0 aromatic heterocycles. The van der Waals surface area contributed by atoms with Gasteiger partial charge in [-0.25, -0.2) is 17.9 Å². The molecule has 7 heteroatoms. The lowest BCUT2D eigenvalue weighted by Crippen LogP contribution is -2.31. The number of rotatable bonds is 4. The van der Waals surface area contributed by atoms with E-state index in [0.29, 0.717) is 10.0 Å². The van der Waals surface area contributed by atoms with Gasteiger partial charge in [0.25, 0.3) is 0 Å². The van der Waals surface area contributed by atoms with Crippen molar-refractivity contribution in [2.45, 2.75) is 31.7 Å². The fourth-order valence-corrected chi connectivity index (χ4v) is 3.56. The summed E-state index contributed by atoms with van der Waals surface area (Å²) in [7, 11) is -3.71. The summed E-state index contributed by atoms with van der Waals surface area (Å²) in [5.41, 5.74) is 0.407. The third-order valence-corrected chi connectivity index (χ3v) is 4.83. The zero-order valence-corrected chi connectivity index (χ0v) is 12.6. The van der Waals surface area contributed by atoms with Crippen molar-refractivity contribution in [2.75, 3.05) is 0 Å². The van der Waals surface area contributed by atoms with Crippen LogP contribution in [0.3, 0.4) is 0 Å². The van der Waals surface area contributed by atoms with Crippen LogP contribution < -0.4 is 4.72 Å². The van der Waals surface area contributed by atoms with Crippen molar-refractivity contribution >= 4 is 31.9 Å². The molecule has 0 radical (unpaired) electrons. The van der Waals surface area contributed by atoms with Crippen LogP contribution in [-0.2, 0) is 10.0 Å². The molecule has 0 bridgehead atoms. The number of aromatic carboxylic acids is 1. The lowest BCUT2D eigenvalue weighted by atomic mass is 10.1. The first-order valence-electron chi connectivity index (χ1n) is 5.21. The quantitative estimate of drug-likeness (QED) is 0.882. The molecule has 0 aliphatic rings. The number of carboxylic acid groups (broad SMARTS) is 1. The summed E-state index contributed by atoms with van der Waals surface area (Å²) in [5, 5.41) is 8.94. The van der Waals surface area contributed by atoms with E-state index in [1.165, 1.54) is 6.07 Å². The number of hydrogen-bond acceptors (Lipinski definition) is 3. The van der Waals surface area contributed by atoms with Crippen LogP contribution in [0.25, 0.3) is 0 Å². The van der Waals surface area contributed by atoms with Gasteiger partial charge in [-0.3, -0.25) is 0 Å². The van der Waals surface area contributed by atoms with Gasteiger partial charge in [0, 0.05) is 10.5 Å². The molecule has 2 N–H and O–H groups in total. The minimum atomic E-state index is -3.71. The minimum Gasteiger partial charge on any atom is -0.478 e. The molecule has 0 fully saturated rings. The monoisotopic (exact) mass is 335 g/mol. The number of hydrogen-bond donors (Lipinski definition) is 2. The molecule has 100 valence electrons. The van der Waals surface area contributed by atoms with E-state index in [4.69, 9.17) is 5.11 Å². The zero-order chi connectivity index (χ0) is 14.1. The predicted molar refractivity (Wildman–Crippen MR) is 71.3 cm³/mol. The zero-order valence-electron chi connectivity index (χ0n) is 10.2. The fourth-order valence-electron chi connectivity index (χ4n) is 1.43. The van der Waals surface area contributed by atoms with Crippen LogP contribution >= 0.6 is 15.9 Å². The first-order chi connectivity index (χ1) is 8.15. The van der Waals surface area contributed by atoms with Gasteiger partial charge < -0.3 is 5.11 Å². The van der Waals surface area contributed by atoms with Gasteiger partial charge in [0.2, 0.25) is 10.0 Å². The Labute approximate surface area is 114 Å². The molecule has 0 unspecified atom stereocenters. The topological polar surface area (TPSA) is 83.5 Å². The Kier molecular flexibility index (Phi) is 4.52. The number of halogens is 1. The van der Waals surface area contributed by atoms with Gasteiger partial charge in [-0.2, -0.15) is 0 Å². The lowest BCUT2D eigenvalue weighted by Gasteiger charge is -2.13. The molecule has 18 heavy (non-hydrogen) atoms. The maximum atomic E-state index is 12.1. The number of carboxylic acids is 1. The van der Waals surface area contributed by atoms with Gasteiger partial charge in [0.05, 0.1) is 10.5 Å². The fraction of sp³-hybridized carbons (Fsp3) is 0.364. The van der Waals surface area contributed by atoms with Crippen molar-refractivity contribution in [3.63, 3.8) is 0 Å². The van der Waals surface area contributed by atoms with E-state index in [0.717, 1.165) is 6.07 Å². The van der Waals surface area contributed by atoms with E-state index in [1.54, 1.807) is 20.8 Å². The van der Waals surface area contributed by atoms with Crippen LogP contribution in [0.1, 0.15) is 29.8 Å². The third kappa shape index (κ3) is 3.30. The summed E-state index contributed by atoms with van der Waals surface area (Å²) in [6.07, 6.45) is 0. The summed E-state index contributed by atoms with van der Waals surface area (Å²) in [6, 6.07) is 2.28. The van der Waals surface area contributed by atoms with Crippen molar-refractivity contribution in [3.8, 4) is 0 Å². The van der Waals surface area contributed by atoms with Gasteiger partial charge in [-0.15, -0.1) is 0 Å². The molecule has 5 nitrogen and oxygen atoms in total. The molecule has 1 rings (SSSR count). The Balaban J connectivity index is 3.45. The summed E-state index contributed by atoms with van der Waals surface area (Å²) in [5.74, 6) is -1.17. The molecular weight excluding hydrogens is 322 g/mol. The van der Waals surface area contributed by atoms with E-state index >= 15 is 0 Å². The summed E-state index contributed by atoms with van der Waals surface area (Å²) in [4.78, 5) is 10.9. The Morgan fingerprint density at radius 3 is 2.39 bits per heavy atom. The summed E-state index contributed by atoms with van der Waals surface area (Å²) in [6.45, 7) is 5.01. The van der Waals surface area contributed by atoms with Crippen molar-refractivity contribution in [1.29, 1.82) is 0 Å². The maximum absolute atomic E-state index is 12.1. The summed E-state index contributed by atoms with van der Waals surface area (Å²) < 4.78 is 27.0. The summed E-state index contributed by atoms with van der Waals surface area (Å²) >= 11 is 3.17. The predicted octanol–water partition coefficient (Wildman–Crippen LogP) is 2.14. The van der Waals surface area contributed by atoms with Crippen molar-refractivity contribution in [2.24, 2.45) is 0 Å². The normalized spacial score (nSPS) is 11.8. The second-order valence-corrected chi connectivity index (χ2v) is 6.70. The second-order valence-electron chi connectivity index (χ2n) is 4.16. The standard InChI is InChI=1S/C11H14BrNO4S/c1-6(2)13-18(16,17)10-5-8(11(14)15)4-9(12)7(10)3/h4-6,13H,1-3H3,(H,14,15). The number of sulfonamides is 1. The Bertz CT molecular complexity index is 581. The van der Waals surface area contributed by atoms with E-state index in [2.05, 4.69) is 20.7 Å². The molecule has 0 aliphatic carbocycles. The molecule has 0 aliphatic heterocycles. The van der Waals surface area contributed by atoms with Gasteiger partial charge >= 0.3 is 5.97 Å². The van der Waals surface area contributed by atoms with E-state index < -0.39 is 16.0 Å². The van der Waals surface area contributed by atoms with Gasteiger partial charge in [0.1, 0.15) is 0 Å². The van der Waals surface area contributed by atoms with Crippen LogP contribution in [0.4, 0.5) is 0 Å². The molecule has 0 spiro atoms.